The fourth-order valence-electron chi connectivity index (χ4n) is 0.691. The number of aldehydes is 1. The van der Waals surface area contributed by atoms with E-state index in [0.717, 1.165) is 11.9 Å². The Morgan fingerprint density at radius 2 is 1.73 bits per heavy atom. The van der Waals surface area contributed by atoms with Crippen molar-refractivity contribution in [1.82, 2.24) is 0 Å². The molecule has 0 aliphatic heterocycles. The molecular formula is C13H25NO. The Morgan fingerprint density at radius 1 is 1.27 bits per heavy atom. The summed E-state index contributed by atoms with van der Waals surface area (Å²) < 4.78 is 0. The Balaban J connectivity index is -0.000000318. The molecule has 0 amide bonds. The number of hydrogen-bond acceptors (Lipinski definition) is 2. The maximum Gasteiger partial charge on any atom is 0.137 e. The first-order valence-electron chi connectivity index (χ1n) is 5.39. The Bertz CT molecular complexity index is 183. The van der Waals surface area contributed by atoms with Gasteiger partial charge in [0, 0.05) is 0 Å². The molecule has 0 aliphatic rings. The van der Waals surface area contributed by atoms with Gasteiger partial charge in [-0.1, -0.05) is 59.1 Å². The van der Waals surface area contributed by atoms with Crippen LogP contribution in [0.3, 0.4) is 0 Å². The lowest BCUT2D eigenvalue weighted by Gasteiger charge is -2.02. The first-order chi connectivity index (χ1) is 7.24. The van der Waals surface area contributed by atoms with Crippen LogP contribution >= 0.6 is 0 Å². The molecule has 0 rings (SSSR count). The van der Waals surface area contributed by atoms with Gasteiger partial charge in [-0.3, -0.25) is 0 Å². The van der Waals surface area contributed by atoms with Gasteiger partial charge in [-0.25, -0.2) is 0 Å². The third-order valence-corrected chi connectivity index (χ3v) is 1.24. The van der Waals surface area contributed by atoms with E-state index in [-0.39, 0.29) is 0 Å². The molecule has 0 aromatic carbocycles. The summed E-state index contributed by atoms with van der Waals surface area (Å²) in [6, 6.07) is -0.431. The molecule has 0 bridgehead atoms. The van der Waals surface area contributed by atoms with Crippen molar-refractivity contribution in [2.24, 2.45) is 5.73 Å². The Morgan fingerprint density at radius 3 is 2.00 bits per heavy atom. The minimum atomic E-state index is -0.431. The van der Waals surface area contributed by atoms with Gasteiger partial charge in [0.25, 0.3) is 0 Å². The van der Waals surface area contributed by atoms with Crippen molar-refractivity contribution in [2.75, 3.05) is 0 Å². The summed E-state index contributed by atoms with van der Waals surface area (Å²) in [5.41, 5.74) is 6.32. The molecule has 2 nitrogen and oxygen atoms in total. The van der Waals surface area contributed by atoms with Crippen LogP contribution in [-0.4, -0.2) is 12.3 Å². The molecule has 2 heteroatoms. The van der Waals surface area contributed by atoms with Gasteiger partial charge >= 0.3 is 0 Å². The van der Waals surface area contributed by atoms with Crippen molar-refractivity contribution in [1.29, 1.82) is 0 Å². The molecule has 88 valence electrons. The molecule has 1 unspecified atom stereocenters. The molecule has 0 aromatic rings. The molecule has 0 heterocycles. The average molecular weight is 211 g/mol. The van der Waals surface area contributed by atoms with Crippen LogP contribution in [-0.2, 0) is 4.79 Å². The second kappa shape index (κ2) is 18.6. The minimum Gasteiger partial charge on any atom is -0.321 e. The van der Waals surface area contributed by atoms with Crippen molar-refractivity contribution in [3.05, 3.63) is 37.0 Å². The third-order valence-electron chi connectivity index (χ3n) is 1.24. The molecular weight excluding hydrogens is 186 g/mol. The zero-order chi connectivity index (χ0) is 12.7. The second-order valence-corrected chi connectivity index (χ2v) is 2.19. The molecule has 0 spiro atoms. The van der Waals surface area contributed by atoms with Gasteiger partial charge in [-0.2, -0.15) is 0 Å². The van der Waals surface area contributed by atoms with E-state index in [2.05, 4.69) is 13.2 Å². The fraction of sp³-hybridized carbons (Fsp3) is 0.462. The van der Waals surface area contributed by atoms with E-state index in [1.54, 1.807) is 18.2 Å². The Hall–Kier alpha value is -1.15. The molecule has 0 aromatic heterocycles. The molecule has 2 N–H and O–H groups in total. The van der Waals surface area contributed by atoms with E-state index in [1.165, 1.54) is 0 Å². The summed E-state index contributed by atoms with van der Waals surface area (Å²) in [5.74, 6) is 0. The second-order valence-electron chi connectivity index (χ2n) is 2.19. The minimum absolute atomic E-state index is 0.431. The van der Waals surface area contributed by atoms with E-state index < -0.39 is 6.04 Å². The summed E-state index contributed by atoms with van der Waals surface area (Å²) in [6.07, 6.45) is 6.36. The molecule has 0 saturated carbocycles. The van der Waals surface area contributed by atoms with Crippen molar-refractivity contribution in [2.45, 2.75) is 40.2 Å². The summed E-state index contributed by atoms with van der Waals surface area (Å²) in [4.78, 5) is 10.1. The molecule has 0 aliphatic carbocycles. The predicted octanol–water partition coefficient (Wildman–Crippen LogP) is 3.25. The fourth-order valence-corrected chi connectivity index (χ4v) is 0.691. The summed E-state index contributed by atoms with van der Waals surface area (Å²) in [5, 5.41) is 0. The largest absolute Gasteiger partial charge is 0.321 e. The number of nitrogens with two attached hydrogens (primary N) is 1. The average Bonchev–Trinajstić information content (AvgIpc) is 2.33. The van der Waals surface area contributed by atoms with E-state index in [9.17, 15) is 4.79 Å². The monoisotopic (exact) mass is 211 g/mol. The van der Waals surface area contributed by atoms with Crippen LogP contribution in [0.4, 0.5) is 0 Å². The summed E-state index contributed by atoms with van der Waals surface area (Å²) in [6.45, 7) is 15.1. The van der Waals surface area contributed by atoms with Crippen LogP contribution in [0.2, 0.25) is 0 Å². The van der Waals surface area contributed by atoms with Crippen LogP contribution in [0.15, 0.2) is 37.0 Å². The Labute approximate surface area is 94.6 Å². The topological polar surface area (TPSA) is 43.1 Å². The van der Waals surface area contributed by atoms with Gasteiger partial charge in [-0.15, -0.1) is 0 Å². The lowest BCUT2D eigenvalue weighted by molar-refractivity contribution is -0.108. The van der Waals surface area contributed by atoms with Gasteiger partial charge in [-0.05, 0) is 12.0 Å². The van der Waals surface area contributed by atoms with Gasteiger partial charge in [0.05, 0.1) is 6.04 Å². The van der Waals surface area contributed by atoms with Crippen molar-refractivity contribution in [3.63, 3.8) is 0 Å². The molecule has 0 radical (unpaired) electrons. The van der Waals surface area contributed by atoms with E-state index in [0.29, 0.717) is 6.42 Å². The number of carbonyl (C=O) groups is 1. The number of rotatable bonds is 5. The highest BCUT2D eigenvalue weighted by atomic mass is 16.1. The lowest BCUT2D eigenvalue weighted by Crippen LogP contribution is -2.21. The smallest absolute Gasteiger partial charge is 0.137 e. The van der Waals surface area contributed by atoms with E-state index >= 15 is 0 Å². The van der Waals surface area contributed by atoms with Crippen molar-refractivity contribution >= 4 is 6.29 Å². The van der Waals surface area contributed by atoms with Crippen LogP contribution < -0.4 is 5.73 Å². The normalized spacial score (nSPS) is 10.9. The summed E-state index contributed by atoms with van der Waals surface area (Å²) >= 11 is 0. The van der Waals surface area contributed by atoms with Crippen molar-refractivity contribution < 1.29 is 4.79 Å². The third kappa shape index (κ3) is 15.6. The lowest BCUT2D eigenvalue weighted by atomic mass is 10.1. The first kappa shape index (κ1) is 19.4. The first-order valence-corrected chi connectivity index (χ1v) is 5.39. The maximum atomic E-state index is 10.1. The van der Waals surface area contributed by atoms with Crippen LogP contribution in [0.5, 0.6) is 0 Å². The van der Waals surface area contributed by atoms with Gasteiger partial charge in [0.2, 0.25) is 0 Å². The number of allylic oxidation sites excluding steroid dienone is 3. The van der Waals surface area contributed by atoms with Gasteiger partial charge < -0.3 is 10.5 Å². The molecule has 15 heavy (non-hydrogen) atoms. The highest BCUT2D eigenvalue weighted by molar-refractivity contribution is 5.58. The van der Waals surface area contributed by atoms with Crippen LogP contribution in [0.1, 0.15) is 34.1 Å². The quantitative estimate of drug-likeness (QED) is 0.560. The SMILES string of the molecule is C=C/C=C(\C=C)CC(N)C=O.CC.CC. The standard InChI is InChI=1S/C9H13NO.2C2H6/c1-3-5-8(4-2)6-9(10)7-11;2*1-2/h3-5,7,9H,1-2,6,10H2;2*1-2H3/b8-5+;;. The number of carbonyl (C=O) groups excluding carboxylic acids is 1. The maximum absolute atomic E-state index is 10.1. The zero-order valence-corrected chi connectivity index (χ0v) is 10.5. The van der Waals surface area contributed by atoms with E-state index in [4.69, 9.17) is 5.73 Å². The zero-order valence-electron chi connectivity index (χ0n) is 10.5. The number of hydrogen-bond donors (Lipinski definition) is 1. The predicted molar refractivity (Wildman–Crippen MR) is 69.8 cm³/mol. The van der Waals surface area contributed by atoms with Gasteiger partial charge in [0.15, 0.2) is 0 Å². The molecule has 1 atom stereocenters. The van der Waals surface area contributed by atoms with Crippen LogP contribution in [0.25, 0.3) is 0 Å². The highest BCUT2D eigenvalue weighted by Crippen LogP contribution is 2.03. The summed E-state index contributed by atoms with van der Waals surface area (Å²) in [7, 11) is 0. The highest BCUT2D eigenvalue weighted by Gasteiger charge is 2.00. The molecule has 0 fully saturated rings. The van der Waals surface area contributed by atoms with Crippen LogP contribution in [0, 0.1) is 0 Å². The molecule has 0 saturated heterocycles. The Kier molecular flexibility index (Phi) is 24.1. The van der Waals surface area contributed by atoms with Crippen molar-refractivity contribution in [3.8, 4) is 0 Å². The van der Waals surface area contributed by atoms with E-state index in [1.807, 2.05) is 27.7 Å². The van der Waals surface area contributed by atoms with Gasteiger partial charge in [0.1, 0.15) is 6.29 Å².